The molecule has 0 fully saturated rings. The van der Waals surface area contributed by atoms with Crippen LogP contribution in [0.15, 0.2) is 18.5 Å². The first-order valence-corrected chi connectivity index (χ1v) is 5.84. The van der Waals surface area contributed by atoms with Gasteiger partial charge in [-0.3, -0.25) is 9.36 Å². The molecule has 5 heteroatoms. The Hall–Kier alpha value is -1.78. The van der Waals surface area contributed by atoms with E-state index in [1.54, 1.807) is 6.20 Å². The van der Waals surface area contributed by atoms with Crippen LogP contribution in [0.5, 0.6) is 0 Å². The summed E-state index contributed by atoms with van der Waals surface area (Å²) in [6.07, 6.45) is 3.87. The van der Waals surface area contributed by atoms with Crippen LogP contribution < -0.4 is 5.32 Å². The first-order valence-electron chi connectivity index (χ1n) is 5.84. The fourth-order valence-corrected chi connectivity index (χ4v) is 1.67. The van der Waals surface area contributed by atoms with Crippen LogP contribution in [0.4, 0.5) is 5.82 Å². The van der Waals surface area contributed by atoms with Gasteiger partial charge in [-0.2, -0.15) is 10.2 Å². The van der Waals surface area contributed by atoms with E-state index in [0.717, 1.165) is 18.1 Å². The molecule has 0 saturated heterocycles. The van der Waals surface area contributed by atoms with Crippen LogP contribution in [0, 0.1) is 6.92 Å². The van der Waals surface area contributed by atoms with Crippen LogP contribution in [0.3, 0.4) is 0 Å². The van der Waals surface area contributed by atoms with Gasteiger partial charge in [0.05, 0.1) is 12.2 Å². The summed E-state index contributed by atoms with van der Waals surface area (Å²) in [5, 5.41) is 12.0. The number of hydrogen-bond acceptors (Lipinski definition) is 3. The van der Waals surface area contributed by atoms with Crippen LogP contribution in [0.2, 0.25) is 0 Å². The van der Waals surface area contributed by atoms with Crippen LogP contribution >= 0.6 is 0 Å². The van der Waals surface area contributed by atoms with Gasteiger partial charge in [0.25, 0.3) is 0 Å². The van der Waals surface area contributed by atoms with Gasteiger partial charge in [0.15, 0.2) is 5.82 Å². The van der Waals surface area contributed by atoms with Crippen molar-refractivity contribution in [2.24, 2.45) is 7.05 Å². The van der Waals surface area contributed by atoms with Crippen LogP contribution in [-0.2, 0) is 13.6 Å². The summed E-state index contributed by atoms with van der Waals surface area (Å²) in [5.41, 5.74) is 2.31. The highest BCUT2D eigenvalue weighted by Crippen LogP contribution is 2.15. The summed E-state index contributed by atoms with van der Waals surface area (Å²) >= 11 is 0. The fourth-order valence-electron chi connectivity index (χ4n) is 1.67. The molecule has 0 spiro atoms. The maximum absolute atomic E-state index is 4.51. The maximum Gasteiger partial charge on any atom is 0.151 e. The molecule has 0 radical (unpaired) electrons. The van der Waals surface area contributed by atoms with E-state index in [1.165, 1.54) is 5.56 Å². The number of aryl methyl sites for hydroxylation is 2. The minimum absolute atomic E-state index is 0.390. The van der Waals surface area contributed by atoms with Gasteiger partial charge in [-0.1, -0.05) is 0 Å². The monoisotopic (exact) mass is 233 g/mol. The predicted octanol–water partition coefficient (Wildman–Crippen LogP) is 2.12. The zero-order chi connectivity index (χ0) is 12.4. The normalized spacial score (nSPS) is 11.1. The summed E-state index contributed by atoms with van der Waals surface area (Å²) in [6, 6.07) is 2.39. The van der Waals surface area contributed by atoms with E-state index in [-0.39, 0.29) is 0 Å². The summed E-state index contributed by atoms with van der Waals surface area (Å²) < 4.78 is 3.84. The Morgan fingerprint density at radius 3 is 2.71 bits per heavy atom. The molecule has 5 nitrogen and oxygen atoms in total. The second-order valence-electron chi connectivity index (χ2n) is 4.53. The molecular formula is C12H19N5. The molecule has 0 aromatic carbocycles. The number of anilines is 1. The molecule has 0 atom stereocenters. The van der Waals surface area contributed by atoms with Crippen molar-refractivity contribution >= 4 is 5.82 Å². The quantitative estimate of drug-likeness (QED) is 0.880. The first-order chi connectivity index (χ1) is 8.08. The zero-order valence-electron chi connectivity index (χ0n) is 10.8. The third-order valence-electron chi connectivity index (χ3n) is 2.80. The van der Waals surface area contributed by atoms with Crippen molar-refractivity contribution in [1.82, 2.24) is 19.6 Å². The molecule has 0 bridgehead atoms. The van der Waals surface area contributed by atoms with Gasteiger partial charge in [0.1, 0.15) is 0 Å². The lowest BCUT2D eigenvalue weighted by Gasteiger charge is -2.05. The third-order valence-corrected chi connectivity index (χ3v) is 2.80. The lowest BCUT2D eigenvalue weighted by molar-refractivity contribution is 0.533. The Kier molecular flexibility index (Phi) is 3.17. The fraction of sp³-hybridized carbons (Fsp3) is 0.500. The van der Waals surface area contributed by atoms with Crippen LogP contribution in [0.25, 0.3) is 0 Å². The molecule has 0 unspecified atom stereocenters. The largest absolute Gasteiger partial charge is 0.363 e. The standard InChI is InChI=1S/C12H19N5/c1-9(2)17-8-10(3)12(15-17)13-7-11-5-6-14-16(11)4/h5-6,8-9H,7H2,1-4H3,(H,13,15). The molecule has 2 aromatic rings. The van der Waals surface area contributed by atoms with Gasteiger partial charge in [-0.25, -0.2) is 0 Å². The molecule has 0 amide bonds. The van der Waals surface area contributed by atoms with Crippen LogP contribution in [-0.4, -0.2) is 19.6 Å². The molecule has 0 aliphatic heterocycles. The van der Waals surface area contributed by atoms with Crippen molar-refractivity contribution in [2.75, 3.05) is 5.32 Å². The molecule has 92 valence electrons. The second kappa shape index (κ2) is 4.61. The van der Waals surface area contributed by atoms with Crippen LogP contribution in [0.1, 0.15) is 31.1 Å². The van der Waals surface area contributed by atoms with E-state index in [0.29, 0.717) is 6.04 Å². The number of hydrogen-bond donors (Lipinski definition) is 1. The highest BCUT2D eigenvalue weighted by molar-refractivity contribution is 5.42. The summed E-state index contributed by atoms with van der Waals surface area (Å²) in [5.74, 6) is 0.944. The molecule has 2 rings (SSSR count). The summed E-state index contributed by atoms with van der Waals surface area (Å²) in [7, 11) is 1.94. The molecule has 17 heavy (non-hydrogen) atoms. The van der Waals surface area contributed by atoms with Gasteiger partial charge in [-0.05, 0) is 26.8 Å². The van der Waals surface area contributed by atoms with E-state index in [4.69, 9.17) is 0 Å². The molecule has 2 heterocycles. The number of aromatic nitrogens is 4. The van der Waals surface area contributed by atoms with Crippen molar-refractivity contribution in [1.29, 1.82) is 0 Å². The maximum atomic E-state index is 4.51. The number of rotatable bonds is 4. The molecule has 1 N–H and O–H groups in total. The minimum atomic E-state index is 0.390. The average Bonchev–Trinajstić information content (AvgIpc) is 2.82. The van der Waals surface area contributed by atoms with Crippen molar-refractivity contribution in [3.8, 4) is 0 Å². The Bertz CT molecular complexity index is 495. The van der Waals surface area contributed by atoms with Crippen molar-refractivity contribution in [2.45, 2.75) is 33.4 Å². The Balaban J connectivity index is 2.06. The zero-order valence-corrected chi connectivity index (χ0v) is 10.8. The van der Waals surface area contributed by atoms with Gasteiger partial charge < -0.3 is 5.32 Å². The lowest BCUT2D eigenvalue weighted by atomic mass is 10.3. The van der Waals surface area contributed by atoms with Gasteiger partial charge in [0.2, 0.25) is 0 Å². The Morgan fingerprint density at radius 2 is 2.18 bits per heavy atom. The van der Waals surface area contributed by atoms with E-state index < -0.39 is 0 Å². The second-order valence-corrected chi connectivity index (χ2v) is 4.53. The smallest absolute Gasteiger partial charge is 0.151 e. The third kappa shape index (κ3) is 2.49. The van der Waals surface area contributed by atoms with E-state index in [1.807, 2.05) is 22.5 Å². The van der Waals surface area contributed by atoms with Crippen molar-refractivity contribution < 1.29 is 0 Å². The van der Waals surface area contributed by atoms with Gasteiger partial charge in [-0.15, -0.1) is 0 Å². The molecular weight excluding hydrogens is 214 g/mol. The minimum Gasteiger partial charge on any atom is -0.363 e. The SMILES string of the molecule is Cc1cn(C(C)C)nc1NCc1ccnn1C. The molecule has 0 saturated carbocycles. The number of nitrogens with one attached hydrogen (secondary N) is 1. The van der Waals surface area contributed by atoms with Gasteiger partial charge in [0, 0.05) is 31.0 Å². The summed E-state index contributed by atoms with van der Waals surface area (Å²) in [4.78, 5) is 0. The first kappa shape index (κ1) is 11.7. The Labute approximate surface area is 101 Å². The number of nitrogens with zero attached hydrogens (tertiary/aromatic N) is 4. The lowest BCUT2D eigenvalue weighted by Crippen LogP contribution is -2.07. The topological polar surface area (TPSA) is 47.7 Å². The predicted molar refractivity (Wildman–Crippen MR) is 67.9 cm³/mol. The summed E-state index contributed by atoms with van der Waals surface area (Å²) in [6.45, 7) is 7.05. The van der Waals surface area contributed by atoms with E-state index in [9.17, 15) is 0 Å². The average molecular weight is 233 g/mol. The van der Waals surface area contributed by atoms with Crippen molar-refractivity contribution in [3.05, 3.63) is 29.7 Å². The van der Waals surface area contributed by atoms with Crippen molar-refractivity contribution in [3.63, 3.8) is 0 Å². The van der Waals surface area contributed by atoms with Gasteiger partial charge >= 0.3 is 0 Å². The highest BCUT2D eigenvalue weighted by Gasteiger charge is 2.07. The molecule has 2 aromatic heterocycles. The van der Waals surface area contributed by atoms with E-state index >= 15 is 0 Å². The molecule has 0 aliphatic carbocycles. The van der Waals surface area contributed by atoms with E-state index in [2.05, 4.69) is 42.5 Å². The molecule has 0 aliphatic rings. The Morgan fingerprint density at radius 1 is 1.41 bits per heavy atom. The highest BCUT2D eigenvalue weighted by atomic mass is 15.3.